The molecule has 0 spiro atoms. The standard InChI is InChI=1S/C7H16N4O/c1-12-6-2-4-11(5-3-6)7(8)10-9/h6H,2-5,9H2,1H3,(H2,8,10). The Bertz CT molecular complexity index is 163. The van der Waals surface area contributed by atoms with E-state index in [0.717, 1.165) is 25.9 Å². The highest BCUT2D eigenvalue weighted by Gasteiger charge is 2.19. The second kappa shape index (κ2) is 4.15. The lowest BCUT2D eigenvalue weighted by molar-refractivity contribution is 0.0575. The van der Waals surface area contributed by atoms with Crippen LogP contribution in [0, 0.1) is 0 Å². The van der Waals surface area contributed by atoms with E-state index in [0.29, 0.717) is 12.1 Å². The van der Waals surface area contributed by atoms with Crippen LogP contribution < -0.4 is 11.6 Å². The fraction of sp³-hybridized carbons (Fsp3) is 0.857. The van der Waals surface area contributed by atoms with Gasteiger partial charge in [-0.25, -0.2) is 0 Å². The van der Waals surface area contributed by atoms with Crippen molar-refractivity contribution in [2.24, 2.45) is 16.7 Å². The van der Waals surface area contributed by atoms with E-state index in [-0.39, 0.29) is 0 Å². The van der Waals surface area contributed by atoms with Crippen LogP contribution in [0.1, 0.15) is 12.8 Å². The molecule has 70 valence electrons. The highest BCUT2D eigenvalue weighted by Crippen LogP contribution is 2.11. The second-order valence-corrected chi connectivity index (χ2v) is 2.91. The van der Waals surface area contributed by atoms with Gasteiger partial charge in [0.15, 0.2) is 0 Å². The smallest absolute Gasteiger partial charge is 0.213 e. The third-order valence-electron chi connectivity index (χ3n) is 2.23. The molecule has 0 aliphatic carbocycles. The van der Waals surface area contributed by atoms with Crippen molar-refractivity contribution < 1.29 is 4.74 Å². The van der Waals surface area contributed by atoms with Crippen LogP contribution in [0.4, 0.5) is 0 Å². The second-order valence-electron chi connectivity index (χ2n) is 2.91. The molecule has 1 heterocycles. The number of likely N-dealkylation sites (tertiary alicyclic amines) is 1. The Kier molecular flexibility index (Phi) is 3.16. The van der Waals surface area contributed by atoms with Gasteiger partial charge in [0, 0.05) is 20.2 Å². The van der Waals surface area contributed by atoms with Crippen LogP contribution in [0.15, 0.2) is 5.10 Å². The van der Waals surface area contributed by atoms with Crippen LogP contribution in [0.25, 0.3) is 0 Å². The number of piperidine rings is 1. The summed E-state index contributed by atoms with van der Waals surface area (Å²) in [5, 5.41) is 3.44. The van der Waals surface area contributed by atoms with E-state index < -0.39 is 0 Å². The van der Waals surface area contributed by atoms with Crippen molar-refractivity contribution in [3.8, 4) is 0 Å². The van der Waals surface area contributed by atoms with Gasteiger partial charge in [-0.2, -0.15) is 0 Å². The first-order valence-corrected chi connectivity index (χ1v) is 4.09. The Morgan fingerprint density at radius 3 is 2.50 bits per heavy atom. The maximum atomic E-state index is 5.54. The van der Waals surface area contributed by atoms with Gasteiger partial charge in [-0.1, -0.05) is 0 Å². The molecule has 0 bridgehead atoms. The molecule has 0 amide bonds. The molecule has 1 rings (SSSR count). The molecule has 4 N–H and O–H groups in total. The van der Waals surface area contributed by atoms with Crippen LogP contribution in [0.5, 0.6) is 0 Å². The lowest BCUT2D eigenvalue weighted by atomic mass is 10.1. The molecule has 1 fully saturated rings. The summed E-state index contributed by atoms with van der Waals surface area (Å²) < 4.78 is 5.21. The first kappa shape index (κ1) is 9.12. The summed E-state index contributed by atoms with van der Waals surface area (Å²) in [7, 11) is 1.74. The predicted molar refractivity (Wildman–Crippen MR) is 47.4 cm³/mol. The number of nitrogens with zero attached hydrogens (tertiary/aromatic N) is 2. The molecule has 0 saturated carbocycles. The summed E-state index contributed by atoms with van der Waals surface area (Å²) in [6.45, 7) is 1.76. The third kappa shape index (κ3) is 2.01. The lowest BCUT2D eigenvalue weighted by Gasteiger charge is -2.31. The molecule has 5 nitrogen and oxygen atoms in total. The van der Waals surface area contributed by atoms with Crippen molar-refractivity contribution in [3.63, 3.8) is 0 Å². The summed E-state index contributed by atoms with van der Waals surface area (Å²) in [4.78, 5) is 1.97. The van der Waals surface area contributed by atoms with Crippen molar-refractivity contribution in [2.75, 3.05) is 20.2 Å². The molecule has 0 radical (unpaired) electrons. The van der Waals surface area contributed by atoms with Crippen LogP contribution in [0.3, 0.4) is 0 Å². The molecule has 0 aromatic carbocycles. The number of guanidine groups is 1. The zero-order valence-corrected chi connectivity index (χ0v) is 7.36. The number of hydrazone groups is 1. The highest BCUT2D eigenvalue weighted by atomic mass is 16.5. The van der Waals surface area contributed by atoms with Crippen LogP contribution >= 0.6 is 0 Å². The van der Waals surface area contributed by atoms with Crippen LogP contribution in [-0.2, 0) is 4.74 Å². The molecule has 1 aliphatic rings. The van der Waals surface area contributed by atoms with E-state index in [1.54, 1.807) is 7.11 Å². The normalized spacial score (nSPS) is 21.4. The molecule has 0 aromatic rings. The van der Waals surface area contributed by atoms with Crippen LogP contribution in [0.2, 0.25) is 0 Å². The van der Waals surface area contributed by atoms with Crippen molar-refractivity contribution in [2.45, 2.75) is 18.9 Å². The molecule has 0 unspecified atom stereocenters. The van der Waals surface area contributed by atoms with Gasteiger partial charge in [0.05, 0.1) is 6.10 Å². The number of hydrogen-bond donors (Lipinski definition) is 2. The number of nitrogens with two attached hydrogens (primary N) is 2. The highest BCUT2D eigenvalue weighted by molar-refractivity contribution is 5.77. The minimum Gasteiger partial charge on any atom is -0.381 e. The Hall–Kier alpha value is -0.970. The summed E-state index contributed by atoms with van der Waals surface area (Å²) in [5.74, 6) is 5.48. The molecular weight excluding hydrogens is 156 g/mol. The van der Waals surface area contributed by atoms with Crippen molar-refractivity contribution >= 4 is 5.96 Å². The maximum absolute atomic E-state index is 5.54. The van der Waals surface area contributed by atoms with Gasteiger partial charge in [0.25, 0.3) is 0 Å². The van der Waals surface area contributed by atoms with Crippen molar-refractivity contribution in [1.29, 1.82) is 0 Å². The first-order valence-electron chi connectivity index (χ1n) is 4.09. The Balaban J connectivity index is 2.36. The van der Waals surface area contributed by atoms with E-state index in [9.17, 15) is 0 Å². The molecule has 1 saturated heterocycles. The Morgan fingerprint density at radius 2 is 2.08 bits per heavy atom. The topological polar surface area (TPSA) is 76.9 Å². The number of rotatable bonds is 1. The number of methoxy groups -OCH3 is 1. The van der Waals surface area contributed by atoms with Gasteiger partial charge in [-0.15, -0.1) is 5.10 Å². The SMILES string of the molecule is COC1CCN(/C(N)=N/N)CC1. The summed E-state index contributed by atoms with van der Waals surface area (Å²) in [6.07, 6.45) is 2.35. The lowest BCUT2D eigenvalue weighted by Crippen LogP contribution is -2.44. The van der Waals surface area contributed by atoms with Gasteiger partial charge in [0.2, 0.25) is 5.96 Å². The fourth-order valence-corrected chi connectivity index (χ4v) is 1.40. The molecule has 1 aliphatic heterocycles. The quantitative estimate of drug-likeness (QED) is 0.237. The van der Waals surface area contributed by atoms with Gasteiger partial charge in [-0.3, -0.25) is 0 Å². The van der Waals surface area contributed by atoms with Crippen molar-refractivity contribution in [3.05, 3.63) is 0 Å². The minimum atomic E-state index is 0.367. The van der Waals surface area contributed by atoms with Gasteiger partial charge < -0.3 is 21.2 Å². The van der Waals surface area contributed by atoms with E-state index in [1.165, 1.54) is 0 Å². The number of ether oxygens (including phenoxy) is 1. The van der Waals surface area contributed by atoms with E-state index >= 15 is 0 Å². The fourth-order valence-electron chi connectivity index (χ4n) is 1.40. The van der Waals surface area contributed by atoms with Gasteiger partial charge >= 0.3 is 0 Å². The Labute approximate surface area is 72.3 Å². The van der Waals surface area contributed by atoms with E-state index in [2.05, 4.69) is 5.10 Å². The maximum Gasteiger partial charge on any atom is 0.213 e. The molecule has 5 heteroatoms. The first-order chi connectivity index (χ1) is 5.77. The zero-order chi connectivity index (χ0) is 8.97. The molecule has 0 aromatic heterocycles. The Morgan fingerprint density at radius 1 is 1.50 bits per heavy atom. The third-order valence-corrected chi connectivity index (χ3v) is 2.23. The molecular formula is C7H16N4O. The van der Waals surface area contributed by atoms with Gasteiger partial charge in [-0.05, 0) is 12.8 Å². The average Bonchev–Trinajstić information content (AvgIpc) is 2.17. The minimum absolute atomic E-state index is 0.367. The summed E-state index contributed by atoms with van der Waals surface area (Å²) in [5.41, 5.74) is 5.54. The zero-order valence-electron chi connectivity index (χ0n) is 7.36. The number of hydrogen-bond acceptors (Lipinski definition) is 3. The van der Waals surface area contributed by atoms with E-state index in [1.807, 2.05) is 4.90 Å². The van der Waals surface area contributed by atoms with Crippen molar-refractivity contribution in [1.82, 2.24) is 4.90 Å². The molecule has 12 heavy (non-hydrogen) atoms. The average molecular weight is 172 g/mol. The van der Waals surface area contributed by atoms with Gasteiger partial charge in [0.1, 0.15) is 0 Å². The summed E-state index contributed by atoms with van der Waals surface area (Å²) in [6, 6.07) is 0. The monoisotopic (exact) mass is 172 g/mol. The largest absolute Gasteiger partial charge is 0.381 e. The summed E-state index contributed by atoms with van der Waals surface area (Å²) >= 11 is 0. The molecule has 0 atom stereocenters. The predicted octanol–water partition coefficient (Wildman–Crippen LogP) is -0.714. The van der Waals surface area contributed by atoms with Crippen LogP contribution in [-0.4, -0.2) is 37.2 Å². The van der Waals surface area contributed by atoms with E-state index in [4.69, 9.17) is 16.3 Å².